The van der Waals surface area contributed by atoms with E-state index in [-0.39, 0.29) is 21.3 Å². The van der Waals surface area contributed by atoms with Crippen LogP contribution in [0.1, 0.15) is 26.4 Å². The minimum absolute atomic E-state index is 0.000864. The number of carboxylic acid groups (broad SMARTS) is 1. The van der Waals surface area contributed by atoms with Crippen molar-refractivity contribution in [2.45, 2.75) is 0 Å². The van der Waals surface area contributed by atoms with Gasteiger partial charge in [-0.3, -0.25) is 4.79 Å². The van der Waals surface area contributed by atoms with Crippen LogP contribution in [0.3, 0.4) is 0 Å². The van der Waals surface area contributed by atoms with Gasteiger partial charge in [-0.15, -0.1) is 0 Å². The number of aromatic nitrogens is 1. The summed E-state index contributed by atoms with van der Waals surface area (Å²) in [7, 11) is 1.53. The molecule has 0 saturated heterocycles. The summed E-state index contributed by atoms with van der Waals surface area (Å²) in [5.74, 6) is -2.08. The highest BCUT2D eigenvalue weighted by Crippen LogP contribution is 2.19. The molecular formula is C13H9BrFNO3. The Kier molecular flexibility index (Phi) is 3.53. The lowest BCUT2D eigenvalue weighted by Crippen LogP contribution is -2.02. The minimum atomic E-state index is -1.12. The molecule has 0 saturated carbocycles. The fourth-order valence-corrected chi connectivity index (χ4v) is 1.95. The van der Waals surface area contributed by atoms with Gasteiger partial charge in [-0.1, -0.05) is 0 Å². The molecule has 0 amide bonds. The average molecular weight is 326 g/mol. The number of aryl methyl sites for hydroxylation is 1. The molecule has 98 valence electrons. The summed E-state index contributed by atoms with van der Waals surface area (Å²) in [6.45, 7) is 0. The summed E-state index contributed by atoms with van der Waals surface area (Å²) in [5.41, 5.74) is 0.380. The first-order valence-electron chi connectivity index (χ1n) is 5.29. The molecule has 0 atom stereocenters. The van der Waals surface area contributed by atoms with Gasteiger partial charge in [0.1, 0.15) is 11.5 Å². The van der Waals surface area contributed by atoms with E-state index in [4.69, 9.17) is 5.11 Å². The van der Waals surface area contributed by atoms with E-state index in [9.17, 15) is 14.0 Å². The van der Waals surface area contributed by atoms with Crippen LogP contribution in [-0.2, 0) is 7.05 Å². The van der Waals surface area contributed by atoms with Crippen molar-refractivity contribution in [2.75, 3.05) is 0 Å². The van der Waals surface area contributed by atoms with Crippen molar-refractivity contribution in [2.24, 2.45) is 7.05 Å². The van der Waals surface area contributed by atoms with Crippen LogP contribution in [0.15, 0.2) is 34.9 Å². The lowest BCUT2D eigenvalue weighted by atomic mass is 10.1. The fourth-order valence-electron chi connectivity index (χ4n) is 1.71. The zero-order valence-corrected chi connectivity index (χ0v) is 11.4. The standard InChI is InChI=1S/C13H9BrFNO3/c1-16-6-8(5-11(16)13(18)19)12(17)7-2-3-9(14)10(15)4-7/h2-6H,1H3,(H,18,19). The molecule has 2 rings (SSSR count). The zero-order chi connectivity index (χ0) is 14.2. The van der Waals surface area contributed by atoms with Crippen molar-refractivity contribution in [3.63, 3.8) is 0 Å². The van der Waals surface area contributed by atoms with Gasteiger partial charge in [0.2, 0.25) is 0 Å². The maximum atomic E-state index is 13.4. The van der Waals surface area contributed by atoms with Gasteiger partial charge in [0.15, 0.2) is 5.78 Å². The summed E-state index contributed by atoms with van der Waals surface area (Å²) >= 11 is 3.00. The second-order valence-electron chi connectivity index (χ2n) is 3.99. The molecule has 0 aliphatic heterocycles. The summed E-state index contributed by atoms with van der Waals surface area (Å²) < 4.78 is 15.0. The molecule has 2 aromatic rings. The van der Waals surface area contributed by atoms with Gasteiger partial charge in [-0.2, -0.15) is 0 Å². The van der Waals surface area contributed by atoms with Crippen LogP contribution < -0.4 is 0 Å². The number of carbonyl (C=O) groups is 2. The molecule has 0 spiro atoms. The molecule has 0 radical (unpaired) electrons. The molecule has 1 heterocycles. The summed E-state index contributed by atoms with van der Waals surface area (Å²) in [5, 5.41) is 8.91. The van der Waals surface area contributed by atoms with Crippen molar-refractivity contribution in [3.8, 4) is 0 Å². The molecule has 1 N–H and O–H groups in total. The maximum Gasteiger partial charge on any atom is 0.352 e. The van der Waals surface area contributed by atoms with Crippen LogP contribution in [0.25, 0.3) is 0 Å². The van der Waals surface area contributed by atoms with E-state index < -0.39 is 17.6 Å². The van der Waals surface area contributed by atoms with Crippen LogP contribution >= 0.6 is 15.9 Å². The number of halogens is 2. The second kappa shape index (κ2) is 4.97. The third-order valence-electron chi connectivity index (χ3n) is 2.67. The lowest BCUT2D eigenvalue weighted by molar-refractivity contribution is 0.0686. The van der Waals surface area contributed by atoms with Crippen LogP contribution in [0.2, 0.25) is 0 Å². The van der Waals surface area contributed by atoms with E-state index in [1.54, 1.807) is 0 Å². The smallest absolute Gasteiger partial charge is 0.352 e. The molecule has 0 fully saturated rings. The summed E-state index contributed by atoms with van der Waals surface area (Å²) in [6.07, 6.45) is 1.41. The third-order valence-corrected chi connectivity index (χ3v) is 3.31. The third kappa shape index (κ3) is 2.58. The van der Waals surface area contributed by atoms with Gasteiger partial charge >= 0.3 is 5.97 Å². The number of carboxylic acids is 1. The van der Waals surface area contributed by atoms with Crippen molar-refractivity contribution in [1.29, 1.82) is 0 Å². The Morgan fingerprint density at radius 1 is 1.26 bits per heavy atom. The van der Waals surface area contributed by atoms with E-state index in [1.165, 1.54) is 36.0 Å². The molecular weight excluding hydrogens is 317 g/mol. The highest BCUT2D eigenvalue weighted by Gasteiger charge is 2.17. The van der Waals surface area contributed by atoms with Crippen molar-refractivity contribution < 1.29 is 19.1 Å². The van der Waals surface area contributed by atoms with E-state index >= 15 is 0 Å². The van der Waals surface area contributed by atoms with Crippen LogP contribution in [0, 0.1) is 5.82 Å². The fraction of sp³-hybridized carbons (Fsp3) is 0.0769. The van der Waals surface area contributed by atoms with E-state index in [0.29, 0.717) is 0 Å². The quantitative estimate of drug-likeness (QED) is 0.883. The normalized spacial score (nSPS) is 10.5. The molecule has 0 aliphatic rings. The van der Waals surface area contributed by atoms with Gasteiger partial charge in [-0.05, 0) is 40.2 Å². The highest BCUT2D eigenvalue weighted by molar-refractivity contribution is 9.10. The average Bonchev–Trinajstić information content (AvgIpc) is 2.74. The SMILES string of the molecule is Cn1cc(C(=O)c2ccc(Br)c(F)c2)cc1C(=O)O. The number of rotatable bonds is 3. The Bertz CT molecular complexity index is 679. The number of hydrogen-bond acceptors (Lipinski definition) is 2. The lowest BCUT2D eigenvalue weighted by Gasteiger charge is -2.00. The summed E-state index contributed by atoms with van der Waals surface area (Å²) in [4.78, 5) is 23.0. The number of carbonyl (C=O) groups excluding carboxylic acids is 1. The monoisotopic (exact) mass is 325 g/mol. The first-order valence-corrected chi connectivity index (χ1v) is 6.09. The minimum Gasteiger partial charge on any atom is -0.477 e. The second-order valence-corrected chi connectivity index (χ2v) is 4.84. The Labute approximate surface area is 116 Å². The number of aromatic carboxylic acids is 1. The van der Waals surface area contributed by atoms with E-state index in [1.807, 2.05) is 0 Å². The van der Waals surface area contributed by atoms with E-state index in [0.717, 1.165) is 6.07 Å². The van der Waals surface area contributed by atoms with Gasteiger partial charge in [0.25, 0.3) is 0 Å². The molecule has 19 heavy (non-hydrogen) atoms. The van der Waals surface area contributed by atoms with Crippen molar-refractivity contribution in [1.82, 2.24) is 4.57 Å². The van der Waals surface area contributed by atoms with Gasteiger partial charge in [0.05, 0.1) is 4.47 Å². The number of hydrogen-bond donors (Lipinski definition) is 1. The molecule has 6 heteroatoms. The first-order chi connectivity index (χ1) is 8.90. The predicted molar refractivity (Wildman–Crippen MR) is 69.9 cm³/mol. The maximum absolute atomic E-state index is 13.4. The molecule has 0 aliphatic carbocycles. The number of benzene rings is 1. The van der Waals surface area contributed by atoms with Gasteiger partial charge in [-0.25, -0.2) is 9.18 Å². The van der Waals surface area contributed by atoms with Crippen molar-refractivity contribution >= 4 is 27.7 Å². The Balaban J connectivity index is 2.41. The first kappa shape index (κ1) is 13.5. The molecule has 4 nitrogen and oxygen atoms in total. The van der Waals surface area contributed by atoms with Crippen molar-refractivity contribution in [3.05, 3.63) is 57.6 Å². The largest absolute Gasteiger partial charge is 0.477 e. The molecule has 0 unspecified atom stereocenters. The van der Waals surface area contributed by atoms with Crippen LogP contribution in [-0.4, -0.2) is 21.4 Å². The topological polar surface area (TPSA) is 59.3 Å². The summed E-state index contributed by atoms with van der Waals surface area (Å²) in [6, 6.07) is 5.29. The van der Waals surface area contributed by atoms with Gasteiger partial charge < -0.3 is 9.67 Å². The van der Waals surface area contributed by atoms with Gasteiger partial charge in [0, 0.05) is 24.4 Å². The highest BCUT2D eigenvalue weighted by atomic mass is 79.9. The van der Waals surface area contributed by atoms with Crippen LogP contribution in [0.5, 0.6) is 0 Å². The Morgan fingerprint density at radius 3 is 2.47 bits per heavy atom. The van der Waals surface area contributed by atoms with Crippen LogP contribution in [0.4, 0.5) is 4.39 Å². The zero-order valence-electron chi connectivity index (χ0n) is 9.85. The number of ketones is 1. The predicted octanol–water partition coefficient (Wildman–Crippen LogP) is 2.86. The molecule has 0 bridgehead atoms. The Hall–Kier alpha value is -1.95. The molecule has 1 aromatic heterocycles. The van der Waals surface area contributed by atoms with E-state index in [2.05, 4.69) is 15.9 Å². The molecule has 1 aromatic carbocycles. The number of nitrogens with zero attached hydrogens (tertiary/aromatic N) is 1. The Morgan fingerprint density at radius 2 is 1.95 bits per heavy atom.